The van der Waals surface area contributed by atoms with Gasteiger partial charge in [-0.2, -0.15) is 13.2 Å². The Morgan fingerprint density at radius 1 is 1.57 bits per heavy atom. The van der Waals surface area contributed by atoms with Crippen molar-refractivity contribution in [1.82, 2.24) is 5.32 Å². The first-order valence-electron chi connectivity index (χ1n) is 3.70. The Morgan fingerprint density at radius 2 is 2.14 bits per heavy atom. The van der Waals surface area contributed by atoms with Gasteiger partial charge in [-0.15, -0.1) is 0 Å². The monoisotopic (exact) mass is 208 g/mol. The van der Waals surface area contributed by atoms with Crippen molar-refractivity contribution in [1.29, 1.82) is 0 Å². The number of hydrogen-bond acceptors (Lipinski definition) is 2. The van der Waals surface area contributed by atoms with Crippen LogP contribution in [0.25, 0.3) is 0 Å². The molecular formula is C7H7F3N2O2. The van der Waals surface area contributed by atoms with Gasteiger partial charge in [-0.05, 0) is 6.42 Å². The molecule has 0 aromatic heterocycles. The first kappa shape index (κ1) is 10.6. The number of primary amides is 1. The number of alkyl halides is 3. The molecule has 1 rings (SSSR count). The molecule has 0 aromatic rings. The third kappa shape index (κ3) is 2.04. The highest BCUT2D eigenvalue weighted by Crippen LogP contribution is 2.27. The molecule has 1 atom stereocenters. The van der Waals surface area contributed by atoms with Crippen molar-refractivity contribution in [2.24, 2.45) is 11.7 Å². The fourth-order valence-corrected chi connectivity index (χ4v) is 1.05. The molecule has 0 spiro atoms. The molecule has 1 heterocycles. The maximum Gasteiger partial charge on any atom is 0.431 e. The van der Waals surface area contributed by atoms with E-state index in [0.717, 1.165) is 6.08 Å². The second-order valence-corrected chi connectivity index (χ2v) is 2.80. The van der Waals surface area contributed by atoms with Crippen LogP contribution in [-0.2, 0) is 9.59 Å². The van der Waals surface area contributed by atoms with E-state index in [9.17, 15) is 22.8 Å². The molecule has 7 heteroatoms. The summed E-state index contributed by atoms with van der Waals surface area (Å²) >= 11 is 0. The number of rotatable bonds is 1. The summed E-state index contributed by atoms with van der Waals surface area (Å²) in [4.78, 5) is 21.5. The summed E-state index contributed by atoms with van der Waals surface area (Å²) in [6, 6.07) is 0. The van der Waals surface area contributed by atoms with Crippen LogP contribution in [0.4, 0.5) is 13.2 Å². The molecule has 0 fully saturated rings. The van der Waals surface area contributed by atoms with Gasteiger partial charge in [-0.1, -0.05) is 6.08 Å². The topological polar surface area (TPSA) is 72.2 Å². The molecule has 78 valence electrons. The highest BCUT2D eigenvalue weighted by Gasteiger charge is 2.39. The molecule has 0 aliphatic carbocycles. The van der Waals surface area contributed by atoms with Crippen LogP contribution in [-0.4, -0.2) is 18.0 Å². The number of carbonyl (C=O) groups excluding carboxylic acids is 2. The van der Waals surface area contributed by atoms with Gasteiger partial charge in [0.05, 0.1) is 0 Å². The van der Waals surface area contributed by atoms with Crippen LogP contribution in [0.15, 0.2) is 11.8 Å². The van der Waals surface area contributed by atoms with Gasteiger partial charge in [-0.3, -0.25) is 9.59 Å². The Bertz CT molecular complexity index is 309. The number of hydrogen-bond donors (Lipinski definition) is 2. The Balaban J connectivity index is 2.83. The summed E-state index contributed by atoms with van der Waals surface area (Å²) in [6.07, 6.45) is -4.16. The number of nitrogens with two attached hydrogens (primary N) is 1. The van der Waals surface area contributed by atoms with Gasteiger partial charge in [0.25, 0.3) is 0 Å². The molecule has 0 saturated heterocycles. The molecular weight excluding hydrogens is 201 g/mol. The van der Waals surface area contributed by atoms with Gasteiger partial charge < -0.3 is 11.1 Å². The molecule has 0 aromatic carbocycles. The zero-order chi connectivity index (χ0) is 10.9. The zero-order valence-corrected chi connectivity index (χ0v) is 6.89. The highest BCUT2D eigenvalue weighted by atomic mass is 19.4. The Morgan fingerprint density at radius 3 is 2.50 bits per heavy atom. The molecule has 2 amide bonds. The minimum atomic E-state index is -4.60. The van der Waals surface area contributed by atoms with E-state index in [-0.39, 0.29) is 6.42 Å². The molecule has 1 aliphatic rings. The van der Waals surface area contributed by atoms with Crippen molar-refractivity contribution >= 4 is 11.8 Å². The number of amides is 2. The maximum absolute atomic E-state index is 12.0. The van der Waals surface area contributed by atoms with E-state index in [1.165, 1.54) is 0 Å². The van der Waals surface area contributed by atoms with E-state index in [2.05, 4.69) is 0 Å². The Kier molecular flexibility index (Phi) is 2.50. The third-order valence-corrected chi connectivity index (χ3v) is 1.78. The zero-order valence-electron chi connectivity index (χ0n) is 6.89. The number of nitrogens with one attached hydrogen (secondary N) is 1. The summed E-state index contributed by atoms with van der Waals surface area (Å²) in [5, 5.41) is 1.58. The predicted octanol–water partition coefficient (Wildman–Crippen LogP) is 0.0540. The summed E-state index contributed by atoms with van der Waals surface area (Å²) in [7, 11) is 0. The summed E-state index contributed by atoms with van der Waals surface area (Å²) < 4.78 is 36.1. The van der Waals surface area contributed by atoms with Crippen molar-refractivity contribution in [2.75, 3.05) is 0 Å². The van der Waals surface area contributed by atoms with E-state index in [4.69, 9.17) is 5.73 Å². The average molecular weight is 208 g/mol. The second-order valence-electron chi connectivity index (χ2n) is 2.80. The SMILES string of the molecule is NC(=O)C1CC=C(C(F)(F)F)NC1=O. The van der Waals surface area contributed by atoms with Crippen LogP contribution in [0.2, 0.25) is 0 Å². The number of halogens is 3. The van der Waals surface area contributed by atoms with Gasteiger partial charge in [-0.25, -0.2) is 0 Å². The molecule has 4 nitrogen and oxygen atoms in total. The minimum Gasteiger partial charge on any atom is -0.369 e. The fraction of sp³-hybridized carbons (Fsp3) is 0.429. The lowest BCUT2D eigenvalue weighted by molar-refractivity contribution is -0.137. The quantitative estimate of drug-likeness (QED) is 0.598. The van der Waals surface area contributed by atoms with E-state index in [0.29, 0.717) is 0 Å². The lowest BCUT2D eigenvalue weighted by Crippen LogP contribution is -2.44. The summed E-state index contributed by atoms with van der Waals surface area (Å²) in [5.74, 6) is -3.15. The molecule has 0 radical (unpaired) electrons. The van der Waals surface area contributed by atoms with Gasteiger partial charge >= 0.3 is 6.18 Å². The van der Waals surface area contributed by atoms with Gasteiger partial charge in [0, 0.05) is 0 Å². The second kappa shape index (κ2) is 3.32. The lowest BCUT2D eigenvalue weighted by atomic mass is 9.99. The minimum absolute atomic E-state index is 0.310. The Hall–Kier alpha value is -1.53. The molecule has 1 unspecified atom stereocenters. The number of carbonyl (C=O) groups is 2. The first-order valence-corrected chi connectivity index (χ1v) is 3.70. The van der Waals surface area contributed by atoms with Crippen LogP contribution in [0.3, 0.4) is 0 Å². The van der Waals surface area contributed by atoms with Crippen LogP contribution in [0.1, 0.15) is 6.42 Å². The Labute approximate surface area is 76.9 Å². The lowest BCUT2D eigenvalue weighted by Gasteiger charge is -2.21. The van der Waals surface area contributed by atoms with Crippen LogP contribution in [0.5, 0.6) is 0 Å². The molecule has 1 aliphatic heterocycles. The molecule has 14 heavy (non-hydrogen) atoms. The summed E-state index contributed by atoms with van der Waals surface area (Å²) in [5.41, 5.74) is 3.66. The van der Waals surface area contributed by atoms with Crippen LogP contribution in [0, 0.1) is 5.92 Å². The predicted molar refractivity (Wildman–Crippen MR) is 39.6 cm³/mol. The molecule has 0 saturated carbocycles. The maximum atomic E-state index is 12.0. The highest BCUT2D eigenvalue weighted by molar-refractivity contribution is 6.01. The normalized spacial score (nSPS) is 22.6. The number of allylic oxidation sites excluding steroid dienone is 2. The van der Waals surface area contributed by atoms with Crippen LogP contribution < -0.4 is 11.1 Å². The third-order valence-electron chi connectivity index (χ3n) is 1.78. The van der Waals surface area contributed by atoms with Crippen molar-refractivity contribution < 1.29 is 22.8 Å². The van der Waals surface area contributed by atoms with Gasteiger partial charge in [0.1, 0.15) is 11.6 Å². The van der Waals surface area contributed by atoms with Gasteiger partial charge in [0.15, 0.2) is 0 Å². The average Bonchev–Trinajstić information content (AvgIpc) is 2.01. The smallest absolute Gasteiger partial charge is 0.369 e. The van der Waals surface area contributed by atoms with Crippen molar-refractivity contribution in [3.63, 3.8) is 0 Å². The fourth-order valence-electron chi connectivity index (χ4n) is 1.05. The molecule has 0 bridgehead atoms. The van der Waals surface area contributed by atoms with E-state index < -0.39 is 29.6 Å². The van der Waals surface area contributed by atoms with E-state index in [1.807, 2.05) is 0 Å². The van der Waals surface area contributed by atoms with Crippen molar-refractivity contribution in [2.45, 2.75) is 12.6 Å². The van der Waals surface area contributed by atoms with Crippen LogP contribution >= 0.6 is 0 Å². The van der Waals surface area contributed by atoms with Crippen molar-refractivity contribution in [3.05, 3.63) is 11.8 Å². The van der Waals surface area contributed by atoms with Gasteiger partial charge in [0.2, 0.25) is 11.8 Å². The molecule has 3 N–H and O–H groups in total. The largest absolute Gasteiger partial charge is 0.431 e. The van der Waals surface area contributed by atoms with Crippen molar-refractivity contribution in [3.8, 4) is 0 Å². The summed E-state index contributed by atoms with van der Waals surface area (Å²) in [6.45, 7) is 0. The van der Waals surface area contributed by atoms with E-state index >= 15 is 0 Å². The van der Waals surface area contributed by atoms with E-state index in [1.54, 1.807) is 5.32 Å². The first-order chi connectivity index (χ1) is 6.32. The standard InChI is InChI=1S/C7H7F3N2O2/c8-7(9,10)4-2-1-3(5(11)13)6(14)12-4/h2-3H,1H2,(H2,11,13)(H,12,14).